The lowest BCUT2D eigenvalue weighted by atomic mass is 10.1. The van der Waals surface area contributed by atoms with Gasteiger partial charge in [-0.15, -0.1) is 0 Å². The van der Waals surface area contributed by atoms with Gasteiger partial charge in [0, 0.05) is 11.1 Å². The molecule has 0 spiro atoms. The van der Waals surface area contributed by atoms with Crippen LogP contribution in [0.3, 0.4) is 0 Å². The Labute approximate surface area is 96.4 Å². The van der Waals surface area contributed by atoms with Crippen LogP contribution in [0.5, 0.6) is 5.75 Å². The number of nitrogens with two attached hydrogens (primary N) is 1. The predicted molar refractivity (Wildman–Crippen MR) is 64.4 cm³/mol. The Hall–Kier alpha value is -0.730. The van der Waals surface area contributed by atoms with Crippen molar-refractivity contribution >= 4 is 11.6 Å². The van der Waals surface area contributed by atoms with Crippen molar-refractivity contribution in [3.63, 3.8) is 0 Å². The second-order valence-corrected chi connectivity index (χ2v) is 4.11. The van der Waals surface area contributed by atoms with Crippen molar-refractivity contribution in [1.29, 1.82) is 0 Å². The number of ether oxygens (including phenoxy) is 1. The van der Waals surface area contributed by atoms with Crippen LogP contribution in [0.25, 0.3) is 0 Å². The van der Waals surface area contributed by atoms with Gasteiger partial charge in [-0.1, -0.05) is 37.4 Å². The maximum absolute atomic E-state index is 5.89. The van der Waals surface area contributed by atoms with E-state index in [1.807, 2.05) is 18.2 Å². The summed E-state index contributed by atoms with van der Waals surface area (Å²) in [5.74, 6) is 0.787. The van der Waals surface area contributed by atoms with Crippen LogP contribution in [0.1, 0.15) is 26.2 Å². The van der Waals surface area contributed by atoms with E-state index in [-0.39, 0.29) is 6.04 Å². The summed E-state index contributed by atoms with van der Waals surface area (Å²) in [6.45, 7) is 2.71. The molecule has 3 heteroatoms. The molecule has 0 fully saturated rings. The van der Waals surface area contributed by atoms with Crippen LogP contribution < -0.4 is 10.5 Å². The second-order valence-electron chi connectivity index (χ2n) is 3.67. The van der Waals surface area contributed by atoms with E-state index in [1.54, 1.807) is 6.07 Å². The van der Waals surface area contributed by atoms with Crippen LogP contribution in [0.4, 0.5) is 0 Å². The normalized spacial score (nSPS) is 12.5. The molecule has 0 saturated heterocycles. The molecular weight excluding hydrogens is 210 g/mol. The molecule has 1 atom stereocenters. The zero-order valence-electron chi connectivity index (χ0n) is 9.08. The molecule has 0 amide bonds. The lowest BCUT2D eigenvalue weighted by Gasteiger charge is -2.12. The van der Waals surface area contributed by atoms with E-state index in [1.165, 1.54) is 6.42 Å². The van der Waals surface area contributed by atoms with E-state index >= 15 is 0 Å². The number of hydrogen-bond acceptors (Lipinski definition) is 2. The van der Waals surface area contributed by atoms with E-state index in [9.17, 15) is 0 Å². The molecule has 1 aromatic rings. The lowest BCUT2D eigenvalue weighted by Crippen LogP contribution is -2.27. The van der Waals surface area contributed by atoms with E-state index in [2.05, 4.69) is 6.92 Å². The molecule has 0 saturated carbocycles. The minimum Gasteiger partial charge on any atom is -0.492 e. The van der Waals surface area contributed by atoms with Gasteiger partial charge in [-0.3, -0.25) is 0 Å². The van der Waals surface area contributed by atoms with Crippen LogP contribution >= 0.6 is 11.6 Å². The highest BCUT2D eigenvalue weighted by Crippen LogP contribution is 2.17. The fourth-order valence-corrected chi connectivity index (χ4v) is 1.49. The Bertz CT molecular complexity index is 291. The number of hydrogen-bond donors (Lipinski definition) is 1. The van der Waals surface area contributed by atoms with Gasteiger partial charge in [-0.25, -0.2) is 0 Å². The van der Waals surface area contributed by atoms with Crippen LogP contribution in [0.2, 0.25) is 5.02 Å². The Morgan fingerprint density at radius 1 is 1.47 bits per heavy atom. The number of rotatable bonds is 6. The molecule has 0 aromatic heterocycles. The van der Waals surface area contributed by atoms with Crippen LogP contribution in [-0.2, 0) is 0 Å². The first-order chi connectivity index (χ1) is 7.22. The minimum absolute atomic E-state index is 0.115. The highest BCUT2D eigenvalue weighted by Gasteiger charge is 2.03. The Kier molecular flexibility index (Phi) is 5.51. The molecule has 0 heterocycles. The number of benzene rings is 1. The molecule has 0 aliphatic heterocycles. The van der Waals surface area contributed by atoms with Crippen molar-refractivity contribution in [2.45, 2.75) is 32.2 Å². The van der Waals surface area contributed by atoms with E-state index in [0.717, 1.165) is 18.6 Å². The molecule has 1 rings (SSSR count). The monoisotopic (exact) mass is 227 g/mol. The maximum atomic E-state index is 5.89. The van der Waals surface area contributed by atoms with Crippen LogP contribution in [0.15, 0.2) is 24.3 Å². The first-order valence-electron chi connectivity index (χ1n) is 5.36. The zero-order valence-corrected chi connectivity index (χ0v) is 9.83. The molecule has 2 N–H and O–H groups in total. The highest BCUT2D eigenvalue weighted by molar-refractivity contribution is 6.30. The Balaban J connectivity index is 2.30. The molecule has 2 nitrogen and oxygen atoms in total. The van der Waals surface area contributed by atoms with Gasteiger partial charge in [-0.2, -0.15) is 0 Å². The summed E-state index contributed by atoms with van der Waals surface area (Å²) in [5.41, 5.74) is 5.89. The summed E-state index contributed by atoms with van der Waals surface area (Å²) in [7, 11) is 0. The smallest absolute Gasteiger partial charge is 0.120 e. The van der Waals surface area contributed by atoms with Crippen molar-refractivity contribution in [3.05, 3.63) is 29.3 Å². The van der Waals surface area contributed by atoms with Crippen LogP contribution in [0, 0.1) is 0 Å². The second kappa shape index (κ2) is 6.70. The van der Waals surface area contributed by atoms with Gasteiger partial charge in [0.1, 0.15) is 12.4 Å². The van der Waals surface area contributed by atoms with Gasteiger partial charge in [0.15, 0.2) is 0 Å². The maximum Gasteiger partial charge on any atom is 0.120 e. The molecule has 0 bridgehead atoms. The van der Waals surface area contributed by atoms with Gasteiger partial charge >= 0.3 is 0 Å². The summed E-state index contributed by atoms with van der Waals surface area (Å²) >= 11 is 5.83. The number of halogens is 1. The Morgan fingerprint density at radius 3 is 2.93 bits per heavy atom. The van der Waals surface area contributed by atoms with Gasteiger partial charge in [0.05, 0.1) is 0 Å². The summed E-state index contributed by atoms with van der Waals surface area (Å²) in [5, 5.41) is 0.689. The molecule has 0 aliphatic rings. The molecule has 84 valence electrons. The molecule has 15 heavy (non-hydrogen) atoms. The summed E-state index contributed by atoms with van der Waals surface area (Å²) < 4.78 is 5.54. The SMILES string of the molecule is CCCCC(N)COc1cccc(Cl)c1. The predicted octanol–water partition coefficient (Wildman–Crippen LogP) is 3.24. The third-order valence-corrected chi connectivity index (χ3v) is 2.42. The first kappa shape index (κ1) is 12.3. The lowest BCUT2D eigenvalue weighted by molar-refractivity contribution is 0.280. The fraction of sp³-hybridized carbons (Fsp3) is 0.500. The molecule has 1 aromatic carbocycles. The quantitative estimate of drug-likeness (QED) is 0.810. The topological polar surface area (TPSA) is 35.2 Å². The molecule has 0 aliphatic carbocycles. The molecular formula is C12H18ClNO. The summed E-state index contributed by atoms with van der Waals surface area (Å²) in [6.07, 6.45) is 3.34. The van der Waals surface area contributed by atoms with Crippen molar-refractivity contribution in [1.82, 2.24) is 0 Å². The van der Waals surface area contributed by atoms with Gasteiger partial charge < -0.3 is 10.5 Å². The standard InChI is InChI=1S/C12H18ClNO/c1-2-3-6-11(14)9-15-12-7-4-5-10(13)8-12/h4-5,7-8,11H,2-3,6,9,14H2,1H3. The van der Waals surface area contributed by atoms with E-state index in [4.69, 9.17) is 22.1 Å². The number of unbranched alkanes of at least 4 members (excludes halogenated alkanes) is 1. The third kappa shape index (κ3) is 5.05. The molecule has 0 radical (unpaired) electrons. The van der Waals surface area contributed by atoms with Crippen molar-refractivity contribution in [3.8, 4) is 5.75 Å². The van der Waals surface area contributed by atoms with E-state index in [0.29, 0.717) is 11.6 Å². The average Bonchev–Trinajstić information content (AvgIpc) is 2.23. The van der Waals surface area contributed by atoms with Gasteiger partial charge in [0.25, 0.3) is 0 Å². The van der Waals surface area contributed by atoms with Gasteiger partial charge in [-0.05, 0) is 24.6 Å². The molecule has 1 unspecified atom stereocenters. The highest BCUT2D eigenvalue weighted by atomic mass is 35.5. The summed E-state index contributed by atoms with van der Waals surface area (Å²) in [4.78, 5) is 0. The summed E-state index contributed by atoms with van der Waals surface area (Å²) in [6, 6.07) is 7.50. The van der Waals surface area contributed by atoms with Crippen LogP contribution in [-0.4, -0.2) is 12.6 Å². The third-order valence-electron chi connectivity index (χ3n) is 2.19. The van der Waals surface area contributed by atoms with E-state index < -0.39 is 0 Å². The Morgan fingerprint density at radius 2 is 2.27 bits per heavy atom. The minimum atomic E-state index is 0.115. The zero-order chi connectivity index (χ0) is 11.1. The average molecular weight is 228 g/mol. The first-order valence-corrected chi connectivity index (χ1v) is 5.74. The largest absolute Gasteiger partial charge is 0.492 e. The van der Waals surface area contributed by atoms with Gasteiger partial charge in [0.2, 0.25) is 0 Å². The van der Waals surface area contributed by atoms with Crippen molar-refractivity contribution < 1.29 is 4.74 Å². The fourth-order valence-electron chi connectivity index (χ4n) is 1.31. The van der Waals surface area contributed by atoms with Crippen molar-refractivity contribution in [2.24, 2.45) is 5.73 Å². The van der Waals surface area contributed by atoms with Crippen molar-refractivity contribution in [2.75, 3.05) is 6.61 Å².